The van der Waals surface area contributed by atoms with Crippen LogP contribution in [0.3, 0.4) is 0 Å². The van der Waals surface area contributed by atoms with E-state index in [0.717, 1.165) is 4.88 Å². The second-order valence-corrected chi connectivity index (χ2v) is 4.83. The highest BCUT2D eigenvalue weighted by Crippen LogP contribution is 2.32. The summed E-state index contributed by atoms with van der Waals surface area (Å²) in [7, 11) is 1.53. The van der Waals surface area contributed by atoms with Crippen molar-refractivity contribution in [3.05, 3.63) is 44.9 Å². The number of rotatable bonds is 5. The fourth-order valence-electron chi connectivity index (χ4n) is 1.67. The lowest BCUT2D eigenvalue weighted by Crippen LogP contribution is -2.06. The normalized spacial score (nSPS) is 11.9. The Morgan fingerprint density at radius 3 is 2.89 bits per heavy atom. The molecule has 19 heavy (non-hydrogen) atoms. The number of hydrogen-bond donors (Lipinski definition) is 1. The fourth-order valence-corrected chi connectivity index (χ4v) is 2.29. The van der Waals surface area contributed by atoms with Gasteiger partial charge < -0.3 is 10.1 Å². The van der Waals surface area contributed by atoms with Crippen LogP contribution in [0.1, 0.15) is 17.8 Å². The topological polar surface area (TPSA) is 77.3 Å². The van der Waals surface area contributed by atoms with Crippen LogP contribution in [-0.4, -0.2) is 17.0 Å². The molecule has 6 nitrogen and oxygen atoms in total. The molecule has 100 valence electrons. The van der Waals surface area contributed by atoms with E-state index < -0.39 is 4.92 Å². The number of anilines is 1. The molecule has 2 aromatic rings. The van der Waals surface area contributed by atoms with Crippen molar-refractivity contribution in [3.63, 3.8) is 0 Å². The van der Waals surface area contributed by atoms with Gasteiger partial charge in [-0.25, -0.2) is 0 Å². The van der Waals surface area contributed by atoms with Crippen molar-refractivity contribution in [2.45, 2.75) is 13.0 Å². The molecule has 1 aromatic carbocycles. The lowest BCUT2D eigenvalue weighted by molar-refractivity contribution is -0.384. The van der Waals surface area contributed by atoms with Gasteiger partial charge >= 0.3 is 0 Å². The maximum Gasteiger partial charge on any atom is 0.271 e. The van der Waals surface area contributed by atoms with E-state index in [4.69, 9.17) is 4.74 Å². The van der Waals surface area contributed by atoms with Crippen LogP contribution in [0.2, 0.25) is 0 Å². The fraction of sp³-hybridized carbons (Fsp3) is 0.250. The minimum Gasteiger partial charge on any atom is -0.495 e. The minimum atomic E-state index is -0.429. The Morgan fingerprint density at radius 1 is 1.53 bits per heavy atom. The minimum absolute atomic E-state index is 0.00315. The van der Waals surface area contributed by atoms with E-state index in [1.54, 1.807) is 17.8 Å². The molecule has 1 atom stereocenters. The van der Waals surface area contributed by atoms with Gasteiger partial charge in [0, 0.05) is 23.2 Å². The number of aromatic nitrogens is 1. The molecule has 0 aliphatic carbocycles. The van der Waals surface area contributed by atoms with E-state index in [2.05, 4.69) is 10.3 Å². The molecule has 0 fully saturated rings. The number of methoxy groups -OCH3 is 1. The van der Waals surface area contributed by atoms with Crippen molar-refractivity contribution >= 4 is 22.7 Å². The van der Waals surface area contributed by atoms with Gasteiger partial charge in [-0.15, -0.1) is 11.3 Å². The third kappa shape index (κ3) is 3.00. The zero-order chi connectivity index (χ0) is 13.8. The summed E-state index contributed by atoms with van der Waals surface area (Å²) in [5, 5.41) is 14.0. The van der Waals surface area contributed by atoms with Crippen LogP contribution >= 0.6 is 11.3 Å². The Morgan fingerprint density at radius 2 is 2.32 bits per heavy atom. The zero-order valence-electron chi connectivity index (χ0n) is 10.5. The smallest absolute Gasteiger partial charge is 0.271 e. The number of thiazole rings is 1. The van der Waals surface area contributed by atoms with Crippen LogP contribution < -0.4 is 10.1 Å². The van der Waals surface area contributed by atoms with Gasteiger partial charge in [0.2, 0.25) is 0 Å². The molecule has 0 aliphatic rings. The summed E-state index contributed by atoms with van der Waals surface area (Å²) >= 11 is 1.53. The van der Waals surface area contributed by atoms with Gasteiger partial charge in [-0.1, -0.05) is 0 Å². The van der Waals surface area contributed by atoms with Crippen LogP contribution in [-0.2, 0) is 0 Å². The van der Waals surface area contributed by atoms with Crippen molar-refractivity contribution in [2.24, 2.45) is 0 Å². The first kappa shape index (κ1) is 13.3. The van der Waals surface area contributed by atoms with Crippen molar-refractivity contribution in [3.8, 4) is 5.75 Å². The molecule has 1 heterocycles. The Bertz CT molecular complexity index is 572. The quantitative estimate of drug-likeness (QED) is 0.671. The van der Waals surface area contributed by atoms with Gasteiger partial charge in [0.25, 0.3) is 5.69 Å². The predicted octanol–water partition coefficient (Wildman–Crippen LogP) is 3.23. The van der Waals surface area contributed by atoms with Gasteiger partial charge in [0.05, 0.1) is 29.3 Å². The molecular weight excluding hydrogens is 266 g/mol. The van der Waals surface area contributed by atoms with Crippen LogP contribution in [0.5, 0.6) is 5.75 Å². The Kier molecular flexibility index (Phi) is 3.96. The predicted molar refractivity (Wildman–Crippen MR) is 73.8 cm³/mol. The lowest BCUT2D eigenvalue weighted by Gasteiger charge is -2.15. The molecule has 0 saturated carbocycles. The SMILES string of the molecule is COc1ccc([N+](=O)[O-])cc1NC(C)c1cncs1. The number of non-ortho nitro benzene ring substituents is 1. The number of nitro benzene ring substituents is 1. The van der Waals surface area contributed by atoms with Crippen LogP contribution in [0.25, 0.3) is 0 Å². The molecule has 0 spiro atoms. The summed E-state index contributed by atoms with van der Waals surface area (Å²) in [6.45, 7) is 1.96. The second kappa shape index (κ2) is 5.66. The first-order valence-electron chi connectivity index (χ1n) is 5.59. The van der Waals surface area contributed by atoms with E-state index in [9.17, 15) is 10.1 Å². The Labute approximate surface area is 114 Å². The second-order valence-electron chi connectivity index (χ2n) is 3.91. The van der Waals surface area contributed by atoms with Gasteiger partial charge in [0.15, 0.2) is 0 Å². The summed E-state index contributed by atoms with van der Waals surface area (Å²) < 4.78 is 5.20. The number of nitrogens with zero attached hydrogens (tertiary/aromatic N) is 2. The number of nitrogens with one attached hydrogen (secondary N) is 1. The van der Waals surface area contributed by atoms with Crippen molar-refractivity contribution < 1.29 is 9.66 Å². The van der Waals surface area contributed by atoms with E-state index in [0.29, 0.717) is 11.4 Å². The van der Waals surface area contributed by atoms with E-state index in [1.165, 1.54) is 30.6 Å². The lowest BCUT2D eigenvalue weighted by atomic mass is 10.2. The molecule has 0 aliphatic heterocycles. The average Bonchev–Trinajstić information content (AvgIpc) is 2.92. The highest BCUT2D eigenvalue weighted by atomic mass is 32.1. The van der Waals surface area contributed by atoms with Crippen LogP contribution in [0.4, 0.5) is 11.4 Å². The third-order valence-corrected chi connectivity index (χ3v) is 3.60. The first-order valence-corrected chi connectivity index (χ1v) is 6.47. The Hall–Kier alpha value is -2.15. The highest BCUT2D eigenvalue weighted by molar-refractivity contribution is 7.09. The first-order chi connectivity index (χ1) is 9.11. The zero-order valence-corrected chi connectivity index (χ0v) is 11.3. The maximum absolute atomic E-state index is 10.8. The molecule has 0 bridgehead atoms. The number of ether oxygens (including phenoxy) is 1. The molecule has 0 saturated heterocycles. The van der Waals surface area contributed by atoms with Crippen LogP contribution in [0.15, 0.2) is 29.9 Å². The van der Waals surface area contributed by atoms with E-state index in [-0.39, 0.29) is 11.7 Å². The number of benzene rings is 1. The largest absolute Gasteiger partial charge is 0.495 e. The van der Waals surface area contributed by atoms with Gasteiger partial charge in [0.1, 0.15) is 5.75 Å². The Balaban J connectivity index is 2.27. The summed E-state index contributed by atoms with van der Waals surface area (Å²) in [4.78, 5) is 15.4. The molecule has 2 rings (SSSR count). The third-order valence-electron chi connectivity index (χ3n) is 2.64. The molecule has 1 aromatic heterocycles. The van der Waals surface area contributed by atoms with Crippen molar-refractivity contribution in [1.82, 2.24) is 4.98 Å². The monoisotopic (exact) mass is 279 g/mol. The van der Waals surface area contributed by atoms with Crippen LogP contribution in [0, 0.1) is 10.1 Å². The van der Waals surface area contributed by atoms with Gasteiger partial charge in [-0.3, -0.25) is 15.1 Å². The molecule has 1 N–H and O–H groups in total. The maximum atomic E-state index is 10.8. The molecule has 1 unspecified atom stereocenters. The number of hydrogen-bond acceptors (Lipinski definition) is 6. The molecule has 7 heteroatoms. The van der Waals surface area contributed by atoms with E-state index in [1.807, 2.05) is 6.92 Å². The standard InChI is InChI=1S/C12H13N3O3S/c1-8(12-6-13-7-19-12)14-10-5-9(15(16)17)3-4-11(10)18-2/h3-8,14H,1-2H3. The highest BCUT2D eigenvalue weighted by Gasteiger charge is 2.14. The molecule has 0 radical (unpaired) electrons. The van der Waals surface area contributed by atoms with Crippen molar-refractivity contribution in [1.29, 1.82) is 0 Å². The number of nitro groups is 1. The van der Waals surface area contributed by atoms with Crippen molar-refractivity contribution in [2.75, 3.05) is 12.4 Å². The summed E-state index contributed by atoms with van der Waals surface area (Å²) in [6.07, 6.45) is 1.77. The summed E-state index contributed by atoms with van der Waals surface area (Å²) in [5.74, 6) is 0.571. The van der Waals surface area contributed by atoms with Gasteiger partial charge in [-0.05, 0) is 13.0 Å². The van der Waals surface area contributed by atoms with Gasteiger partial charge in [-0.2, -0.15) is 0 Å². The average molecular weight is 279 g/mol. The summed E-state index contributed by atoms with van der Waals surface area (Å²) in [6, 6.07) is 4.47. The van der Waals surface area contributed by atoms with E-state index >= 15 is 0 Å². The summed E-state index contributed by atoms with van der Waals surface area (Å²) in [5.41, 5.74) is 2.37. The molecule has 0 amide bonds. The molecular formula is C12H13N3O3S.